The van der Waals surface area contributed by atoms with Crippen LogP contribution >= 0.6 is 0 Å². The second kappa shape index (κ2) is 9.45. The van der Waals surface area contributed by atoms with Crippen LogP contribution in [0.1, 0.15) is 52.2 Å². The van der Waals surface area contributed by atoms with Gasteiger partial charge in [0.1, 0.15) is 11.2 Å². The molecule has 1 saturated heterocycles. The molecule has 0 N–H and O–H groups in total. The molecular formula is C21H30F3NO3. The summed E-state index contributed by atoms with van der Waals surface area (Å²) < 4.78 is 48.8. The Bertz CT molecular complexity index is 663. The van der Waals surface area contributed by atoms with E-state index < -0.39 is 29.0 Å². The van der Waals surface area contributed by atoms with Crippen LogP contribution in [0.4, 0.5) is 18.0 Å². The van der Waals surface area contributed by atoms with Crippen molar-refractivity contribution >= 4 is 12.2 Å². The van der Waals surface area contributed by atoms with Crippen LogP contribution in [0, 0.1) is 0 Å². The summed E-state index contributed by atoms with van der Waals surface area (Å²) in [6, 6.07) is 4.90. The van der Waals surface area contributed by atoms with Crippen LogP contribution in [0.15, 0.2) is 30.3 Å². The molecule has 7 heteroatoms. The number of carbonyl (C=O) groups excluding carboxylic acids is 1. The fourth-order valence-electron chi connectivity index (χ4n) is 2.69. The van der Waals surface area contributed by atoms with Crippen LogP contribution in [-0.4, -0.2) is 42.4 Å². The molecule has 1 aromatic carbocycles. The maximum Gasteiger partial charge on any atom is 0.416 e. The van der Waals surface area contributed by atoms with Crippen LogP contribution in [0.2, 0.25) is 0 Å². The monoisotopic (exact) mass is 401 g/mol. The minimum absolute atomic E-state index is 0.329. The Balaban J connectivity index is 0.00000190. The summed E-state index contributed by atoms with van der Waals surface area (Å²) >= 11 is 0. The van der Waals surface area contributed by atoms with E-state index in [0.717, 1.165) is 12.1 Å². The zero-order valence-corrected chi connectivity index (χ0v) is 17.4. The molecule has 1 atom stereocenters. The van der Waals surface area contributed by atoms with Gasteiger partial charge in [-0.15, -0.1) is 0 Å². The highest BCUT2D eigenvalue weighted by Crippen LogP contribution is 2.31. The zero-order chi connectivity index (χ0) is 21.6. The molecule has 4 nitrogen and oxygen atoms in total. The van der Waals surface area contributed by atoms with Crippen molar-refractivity contribution in [3.63, 3.8) is 0 Å². The number of likely N-dealkylation sites (tertiary alicyclic amines) is 1. The van der Waals surface area contributed by atoms with Gasteiger partial charge in [-0.3, -0.25) is 0 Å². The average molecular weight is 401 g/mol. The second-order valence-corrected chi connectivity index (χ2v) is 7.37. The van der Waals surface area contributed by atoms with Crippen LogP contribution in [0.5, 0.6) is 0 Å². The molecule has 1 fully saturated rings. The van der Waals surface area contributed by atoms with Crippen molar-refractivity contribution in [1.82, 2.24) is 4.90 Å². The van der Waals surface area contributed by atoms with E-state index in [9.17, 15) is 18.0 Å². The van der Waals surface area contributed by atoms with Gasteiger partial charge in [0.05, 0.1) is 12.1 Å². The topological polar surface area (TPSA) is 38.8 Å². The highest BCUT2D eigenvalue weighted by atomic mass is 19.4. The van der Waals surface area contributed by atoms with Crippen molar-refractivity contribution in [2.24, 2.45) is 0 Å². The molecule has 0 aromatic heterocycles. The molecule has 1 heterocycles. The Kier molecular flexibility index (Phi) is 8.11. The van der Waals surface area contributed by atoms with Gasteiger partial charge in [0.25, 0.3) is 0 Å². The first-order valence-corrected chi connectivity index (χ1v) is 9.34. The first-order chi connectivity index (χ1) is 12.9. The predicted octanol–water partition coefficient (Wildman–Crippen LogP) is 5.77. The van der Waals surface area contributed by atoms with Gasteiger partial charge in [-0.1, -0.05) is 38.1 Å². The van der Waals surface area contributed by atoms with E-state index >= 15 is 0 Å². The van der Waals surface area contributed by atoms with Crippen molar-refractivity contribution in [1.29, 1.82) is 0 Å². The number of hydrogen-bond acceptors (Lipinski definition) is 3. The number of amides is 1. The van der Waals surface area contributed by atoms with Gasteiger partial charge < -0.3 is 14.4 Å². The number of methoxy groups -OCH3 is 1. The molecule has 0 aliphatic carbocycles. The highest BCUT2D eigenvalue weighted by molar-refractivity contribution is 5.69. The predicted molar refractivity (Wildman–Crippen MR) is 104 cm³/mol. The molecule has 1 aromatic rings. The number of nitrogens with zero attached hydrogens (tertiary/aromatic N) is 1. The molecule has 158 valence electrons. The lowest BCUT2D eigenvalue weighted by atomic mass is 10.0. The summed E-state index contributed by atoms with van der Waals surface area (Å²) in [5.74, 6) is 0. The minimum Gasteiger partial charge on any atom is -0.444 e. The first-order valence-electron chi connectivity index (χ1n) is 9.34. The fraction of sp³-hybridized carbons (Fsp3) is 0.571. The molecule has 1 aliphatic rings. The number of alkyl halides is 3. The van der Waals surface area contributed by atoms with Gasteiger partial charge in [-0.25, -0.2) is 4.79 Å². The molecule has 1 unspecified atom stereocenters. The minimum atomic E-state index is -4.35. The van der Waals surface area contributed by atoms with Crippen LogP contribution in [0.3, 0.4) is 0 Å². The van der Waals surface area contributed by atoms with E-state index in [0.29, 0.717) is 25.1 Å². The third kappa shape index (κ3) is 6.86. The van der Waals surface area contributed by atoms with E-state index in [1.807, 2.05) is 13.8 Å². The van der Waals surface area contributed by atoms with Crippen LogP contribution in [0.25, 0.3) is 6.08 Å². The largest absolute Gasteiger partial charge is 0.444 e. The summed E-state index contributed by atoms with van der Waals surface area (Å²) in [5, 5.41) is 0. The number of halogens is 3. The Hall–Kier alpha value is -2.02. The first kappa shape index (κ1) is 24.0. The Morgan fingerprint density at radius 1 is 1.14 bits per heavy atom. The Labute approximate surface area is 165 Å². The smallest absolute Gasteiger partial charge is 0.416 e. The molecule has 1 aliphatic heterocycles. The Morgan fingerprint density at radius 3 is 2.18 bits per heavy atom. The van der Waals surface area contributed by atoms with E-state index in [1.54, 1.807) is 44.9 Å². The lowest BCUT2D eigenvalue weighted by molar-refractivity contribution is -0.137. The lowest BCUT2D eigenvalue weighted by Gasteiger charge is -2.27. The Morgan fingerprint density at radius 2 is 1.71 bits per heavy atom. The van der Waals surface area contributed by atoms with Gasteiger partial charge >= 0.3 is 12.3 Å². The normalized spacial score (nSPS) is 20.1. The molecule has 0 bridgehead atoms. The second-order valence-electron chi connectivity index (χ2n) is 7.37. The molecule has 0 spiro atoms. The van der Waals surface area contributed by atoms with Crippen LogP contribution < -0.4 is 0 Å². The molecule has 0 radical (unpaired) electrons. The van der Waals surface area contributed by atoms with Gasteiger partial charge in [-0.2, -0.15) is 13.2 Å². The summed E-state index contributed by atoms with van der Waals surface area (Å²) in [4.78, 5) is 13.8. The van der Waals surface area contributed by atoms with Crippen molar-refractivity contribution in [2.45, 2.75) is 58.4 Å². The molecule has 1 amide bonds. The highest BCUT2D eigenvalue weighted by Gasteiger charge is 2.39. The van der Waals surface area contributed by atoms with Gasteiger partial charge in [0.2, 0.25) is 0 Å². The number of ether oxygens (including phenoxy) is 2. The van der Waals surface area contributed by atoms with Gasteiger partial charge in [0, 0.05) is 13.7 Å². The maximum absolute atomic E-state index is 12.6. The van der Waals surface area contributed by atoms with E-state index in [4.69, 9.17) is 9.47 Å². The zero-order valence-electron chi connectivity index (χ0n) is 17.4. The van der Waals surface area contributed by atoms with E-state index in [-0.39, 0.29) is 0 Å². The number of benzene rings is 1. The molecule has 2 rings (SSSR count). The summed E-state index contributed by atoms with van der Waals surface area (Å²) in [6.45, 7) is 10.2. The third-order valence-electron chi connectivity index (χ3n) is 4.14. The molecular weight excluding hydrogens is 371 g/mol. The van der Waals surface area contributed by atoms with Gasteiger partial charge in [0.15, 0.2) is 0 Å². The van der Waals surface area contributed by atoms with E-state index in [1.165, 1.54) is 12.1 Å². The summed E-state index contributed by atoms with van der Waals surface area (Å²) in [7, 11) is 1.55. The molecule has 28 heavy (non-hydrogen) atoms. The maximum atomic E-state index is 12.6. The number of rotatable bonds is 3. The standard InChI is InChI=1S/C19H24F3NO3.C2H6/c1-17(2,3)26-16(24)23-12-11-18(13-23,25-4)10-9-14-5-7-15(8-6-14)19(20,21)22;1-2/h5-10H,11-13H2,1-4H3;1-2H3/b10-9+;. The number of carbonyl (C=O) groups is 1. The SMILES string of the molecule is CC.COC1(/C=C/c2ccc(C(F)(F)F)cc2)CCN(C(=O)OC(C)(C)C)C1. The van der Waals surface area contributed by atoms with Crippen molar-refractivity contribution in [3.05, 3.63) is 41.5 Å². The van der Waals surface area contributed by atoms with Crippen molar-refractivity contribution < 1.29 is 27.4 Å². The fourth-order valence-corrected chi connectivity index (χ4v) is 2.69. The van der Waals surface area contributed by atoms with E-state index in [2.05, 4.69) is 0 Å². The average Bonchev–Trinajstić information content (AvgIpc) is 3.05. The van der Waals surface area contributed by atoms with Gasteiger partial charge in [-0.05, 0) is 44.9 Å². The summed E-state index contributed by atoms with van der Waals surface area (Å²) in [6.07, 6.45) is -0.670. The van der Waals surface area contributed by atoms with Crippen molar-refractivity contribution in [3.8, 4) is 0 Å². The van der Waals surface area contributed by atoms with Crippen molar-refractivity contribution in [2.75, 3.05) is 20.2 Å². The summed E-state index contributed by atoms with van der Waals surface area (Å²) in [5.41, 5.74) is -1.32. The number of hydrogen-bond donors (Lipinski definition) is 0. The quantitative estimate of drug-likeness (QED) is 0.645. The molecule has 0 saturated carbocycles. The lowest BCUT2D eigenvalue weighted by Crippen LogP contribution is -2.39. The van der Waals surface area contributed by atoms with Crippen LogP contribution in [-0.2, 0) is 15.7 Å². The third-order valence-corrected chi connectivity index (χ3v) is 4.14.